The first kappa shape index (κ1) is 55.0. The van der Waals surface area contributed by atoms with Gasteiger partial charge in [0.25, 0.3) is 0 Å². The lowest BCUT2D eigenvalue weighted by Crippen LogP contribution is -1.95. The fourth-order valence-electron chi connectivity index (χ4n) is 8.19. The predicted molar refractivity (Wildman–Crippen MR) is 262 cm³/mol. The van der Waals surface area contributed by atoms with Gasteiger partial charge in [0, 0.05) is 13.5 Å². The average molecular weight is 831 g/mol. The SMILES string of the molecule is CCCCCCCCCCCCc1ccc(O)c(Cc2cc(CCCCCCCCCCCC)ccc2O)c1.CCCCCCCCCCCCc1ccc(O)cc1.CO. The van der Waals surface area contributed by atoms with E-state index in [-0.39, 0.29) is 0 Å². The number of phenols is 3. The quantitative estimate of drug-likeness (QED) is 0.0445. The fourth-order valence-corrected chi connectivity index (χ4v) is 8.19. The van der Waals surface area contributed by atoms with Gasteiger partial charge in [0.2, 0.25) is 0 Å². The van der Waals surface area contributed by atoms with Crippen LogP contribution in [0.3, 0.4) is 0 Å². The zero-order valence-corrected chi connectivity index (χ0v) is 39.6. The molecule has 0 saturated heterocycles. The van der Waals surface area contributed by atoms with Crippen LogP contribution >= 0.6 is 0 Å². The highest BCUT2D eigenvalue weighted by Gasteiger charge is 2.10. The van der Waals surface area contributed by atoms with Crippen LogP contribution in [0.2, 0.25) is 0 Å². The van der Waals surface area contributed by atoms with Crippen molar-refractivity contribution in [3.05, 3.63) is 88.5 Å². The monoisotopic (exact) mass is 831 g/mol. The van der Waals surface area contributed by atoms with E-state index < -0.39 is 0 Å². The lowest BCUT2D eigenvalue weighted by molar-refractivity contribution is 0.399. The molecule has 3 rings (SSSR count). The molecule has 4 heteroatoms. The van der Waals surface area contributed by atoms with E-state index >= 15 is 0 Å². The molecule has 60 heavy (non-hydrogen) atoms. The Balaban J connectivity index is 0.000000716. The number of rotatable bonds is 35. The number of benzene rings is 3. The zero-order valence-electron chi connectivity index (χ0n) is 39.6. The summed E-state index contributed by atoms with van der Waals surface area (Å²) in [5, 5.41) is 37.3. The molecule has 0 amide bonds. The van der Waals surface area contributed by atoms with E-state index in [9.17, 15) is 15.3 Å². The van der Waals surface area contributed by atoms with Crippen molar-refractivity contribution in [2.75, 3.05) is 7.11 Å². The maximum absolute atomic E-state index is 10.5. The van der Waals surface area contributed by atoms with Gasteiger partial charge in [-0.25, -0.2) is 0 Å². The number of aliphatic hydroxyl groups excluding tert-OH is 1. The molecule has 0 heterocycles. The Kier molecular flexibility index (Phi) is 36.8. The number of hydrogen-bond donors (Lipinski definition) is 4. The number of aliphatic hydroxyl groups is 1. The van der Waals surface area contributed by atoms with Gasteiger partial charge in [0.05, 0.1) is 0 Å². The summed E-state index contributed by atoms with van der Waals surface area (Å²) in [5.41, 5.74) is 5.78. The van der Waals surface area contributed by atoms with Crippen LogP contribution in [0.4, 0.5) is 0 Å². The third-order valence-corrected chi connectivity index (χ3v) is 12.1. The molecule has 0 fully saturated rings. The summed E-state index contributed by atoms with van der Waals surface area (Å²) in [4.78, 5) is 0. The molecule has 0 saturated carbocycles. The molecule has 0 aliphatic heterocycles. The smallest absolute Gasteiger partial charge is 0.119 e. The molecule has 0 aromatic heterocycles. The van der Waals surface area contributed by atoms with Crippen molar-refractivity contribution in [1.29, 1.82) is 0 Å². The molecule has 342 valence electrons. The van der Waals surface area contributed by atoms with Gasteiger partial charge in [0.15, 0.2) is 0 Å². The van der Waals surface area contributed by atoms with Crippen LogP contribution in [0.5, 0.6) is 17.2 Å². The molecule has 0 aliphatic carbocycles. The number of unbranched alkanes of at least 4 members (excludes halogenated alkanes) is 27. The summed E-state index contributed by atoms with van der Waals surface area (Å²) in [6.45, 7) is 6.83. The Labute approximate surface area is 371 Å². The van der Waals surface area contributed by atoms with Crippen LogP contribution in [-0.4, -0.2) is 27.5 Å². The van der Waals surface area contributed by atoms with Gasteiger partial charge < -0.3 is 20.4 Å². The Morgan fingerprint density at radius 3 is 0.850 bits per heavy atom. The molecule has 4 N–H and O–H groups in total. The first-order valence-electron chi connectivity index (χ1n) is 25.3. The molecule has 4 nitrogen and oxygen atoms in total. The van der Waals surface area contributed by atoms with E-state index in [1.165, 1.54) is 209 Å². The molecule has 0 atom stereocenters. The third-order valence-electron chi connectivity index (χ3n) is 12.1. The molecule has 3 aromatic carbocycles. The number of hydrogen-bond acceptors (Lipinski definition) is 4. The standard InChI is InChI=1S/C37H60O2.C18H30O.CH4O/c1-3-5-7-9-11-13-15-17-19-21-23-32-25-27-36(38)34(29-32)31-35-30-33(26-28-37(35)39)24-22-20-18-16-14-12-10-8-6-4-2;1-2-3-4-5-6-7-8-9-10-11-12-17-13-15-18(19)16-14-17;1-2/h25-30,38-39H,3-24,31H2,1-2H3;13-16,19H,2-12H2,1H3;2H,1H3. The average Bonchev–Trinajstić information content (AvgIpc) is 3.26. The van der Waals surface area contributed by atoms with E-state index in [2.05, 4.69) is 45.0 Å². The maximum atomic E-state index is 10.5. The Hall–Kier alpha value is -2.98. The largest absolute Gasteiger partial charge is 0.508 e. The molecular weight excluding hydrogens is 737 g/mol. The molecule has 0 bridgehead atoms. The van der Waals surface area contributed by atoms with Crippen LogP contribution in [-0.2, 0) is 25.7 Å². The minimum atomic E-state index is 0.335. The maximum Gasteiger partial charge on any atom is 0.119 e. The first-order chi connectivity index (χ1) is 29.5. The molecule has 0 spiro atoms. The highest BCUT2D eigenvalue weighted by molar-refractivity contribution is 5.44. The second-order valence-electron chi connectivity index (χ2n) is 17.6. The summed E-state index contributed by atoms with van der Waals surface area (Å²) in [5.74, 6) is 1.04. The second kappa shape index (κ2) is 40.1. The number of phenolic OH excluding ortho intramolecular Hbond substituents is 3. The van der Waals surface area contributed by atoms with Crippen molar-refractivity contribution in [1.82, 2.24) is 0 Å². The van der Waals surface area contributed by atoms with Crippen LogP contribution in [0, 0.1) is 0 Å². The molecule has 0 radical (unpaired) electrons. The summed E-state index contributed by atoms with van der Waals surface area (Å²) in [7, 11) is 1.00. The summed E-state index contributed by atoms with van der Waals surface area (Å²) in [6, 6.07) is 19.7. The first-order valence-corrected chi connectivity index (χ1v) is 25.3. The van der Waals surface area contributed by atoms with Crippen molar-refractivity contribution >= 4 is 0 Å². The van der Waals surface area contributed by atoms with Gasteiger partial charge >= 0.3 is 0 Å². The Bertz CT molecular complexity index is 1290. The van der Waals surface area contributed by atoms with E-state index in [1.807, 2.05) is 24.3 Å². The molecule has 0 unspecified atom stereocenters. The van der Waals surface area contributed by atoms with Gasteiger partial charge in [-0.2, -0.15) is 0 Å². The normalized spacial score (nSPS) is 10.9. The van der Waals surface area contributed by atoms with Crippen LogP contribution < -0.4 is 0 Å². The third kappa shape index (κ3) is 30.1. The fraction of sp³-hybridized carbons (Fsp3) is 0.679. The predicted octanol–water partition coefficient (Wildman–Crippen LogP) is 17.1. The van der Waals surface area contributed by atoms with E-state index in [1.54, 1.807) is 12.1 Å². The van der Waals surface area contributed by atoms with Crippen LogP contribution in [0.15, 0.2) is 60.7 Å². The van der Waals surface area contributed by atoms with Gasteiger partial charge in [-0.05, 0) is 90.6 Å². The molecule has 3 aromatic rings. The Morgan fingerprint density at radius 1 is 0.300 bits per heavy atom. The van der Waals surface area contributed by atoms with Crippen molar-refractivity contribution in [3.63, 3.8) is 0 Å². The van der Waals surface area contributed by atoms with E-state index in [0.29, 0.717) is 23.7 Å². The highest BCUT2D eigenvalue weighted by atomic mass is 16.3. The number of aryl methyl sites for hydroxylation is 3. The lowest BCUT2D eigenvalue weighted by Gasteiger charge is -2.11. The van der Waals surface area contributed by atoms with Crippen molar-refractivity contribution in [2.24, 2.45) is 0 Å². The summed E-state index contributed by atoms with van der Waals surface area (Å²) in [6.07, 6.45) is 44.7. The molecular formula is C56H94O4. The van der Waals surface area contributed by atoms with Crippen molar-refractivity contribution in [2.45, 2.75) is 239 Å². The highest BCUT2D eigenvalue weighted by Crippen LogP contribution is 2.28. The van der Waals surface area contributed by atoms with Gasteiger partial charge in [-0.15, -0.1) is 0 Å². The van der Waals surface area contributed by atoms with Crippen LogP contribution in [0.25, 0.3) is 0 Å². The Morgan fingerprint density at radius 2 is 0.550 bits per heavy atom. The topological polar surface area (TPSA) is 80.9 Å². The van der Waals surface area contributed by atoms with Gasteiger partial charge in [-0.3, -0.25) is 0 Å². The summed E-state index contributed by atoms with van der Waals surface area (Å²) < 4.78 is 0. The zero-order chi connectivity index (χ0) is 43.7. The number of aromatic hydroxyl groups is 3. The lowest BCUT2D eigenvalue weighted by atomic mass is 9.96. The molecule has 0 aliphatic rings. The summed E-state index contributed by atoms with van der Waals surface area (Å²) >= 11 is 0. The minimum Gasteiger partial charge on any atom is -0.508 e. The van der Waals surface area contributed by atoms with E-state index in [0.717, 1.165) is 37.5 Å². The van der Waals surface area contributed by atoms with Gasteiger partial charge in [0.1, 0.15) is 17.2 Å². The van der Waals surface area contributed by atoms with Crippen molar-refractivity contribution < 1.29 is 20.4 Å². The van der Waals surface area contributed by atoms with Crippen LogP contribution in [0.1, 0.15) is 241 Å². The minimum absolute atomic E-state index is 0.335. The second-order valence-corrected chi connectivity index (χ2v) is 17.6. The van der Waals surface area contributed by atoms with E-state index in [4.69, 9.17) is 5.11 Å². The van der Waals surface area contributed by atoms with Crippen molar-refractivity contribution in [3.8, 4) is 17.2 Å². The van der Waals surface area contributed by atoms with Gasteiger partial charge in [-0.1, -0.05) is 231 Å².